The van der Waals surface area contributed by atoms with Crippen LogP contribution < -0.4 is 11.1 Å². The van der Waals surface area contributed by atoms with Crippen molar-refractivity contribution in [2.75, 3.05) is 0 Å². The number of hydrogen-bond acceptors (Lipinski definition) is 4. The Balaban J connectivity index is 2.04. The first-order chi connectivity index (χ1) is 10.4. The topological polar surface area (TPSA) is 81.2 Å². The zero-order valence-corrected chi connectivity index (χ0v) is 12.8. The molecular weight excluding hydrogens is 285 g/mol. The predicted octanol–water partition coefficient (Wildman–Crippen LogP) is 2.96. The van der Waals surface area contributed by atoms with Gasteiger partial charge in [-0.15, -0.1) is 0 Å². The van der Waals surface area contributed by atoms with Gasteiger partial charge in [-0.25, -0.2) is 9.37 Å². The van der Waals surface area contributed by atoms with Crippen LogP contribution in [0.4, 0.5) is 4.39 Å². The Kier molecular flexibility index (Phi) is 4.92. The van der Waals surface area contributed by atoms with Gasteiger partial charge in [0, 0.05) is 0 Å². The summed E-state index contributed by atoms with van der Waals surface area (Å²) in [5.41, 5.74) is 6.92. The highest BCUT2D eigenvalue weighted by molar-refractivity contribution is 5.92. The molecule has 2 rings (SSSR count). The highest BCUT2D eigenvalue weighted by atomic mass is 19.1. The lowest BCUT2D eigenvalue weighted by Crippen LogP contribution is -2.27. The molecule has 6 heteroatoms. The summed E-state index contributed by atoms with van der Waals surface area (Å²) in [5, 5.41) is 2.79. The number of amides is 1. The van der Waals surface area contributed by atoms with Gasteiger partial charge in [-0.3, -0.25) is 4.79 Å². The molecule has 0 spiro atoms. The van der Waals surface area contributed by atoms with Crippen LogP contribution in [0, 0.1) is 11.7 Å². The van der Waals surface area contributed by atoms with Crippen molar-refractivity contribution in [2.24, 2.45) is 11.7 Å². The van der Waals surface area contributed by atoms with E-state index in [0.717, 1.165) is 5.56 Å². The van der Waals surface area contributed by atoms with Crippen molar-refractivity contribution in [2.45, 2.75) is 32.9 Å². The molecule has 0 bridgehead atoms. The standard InChI is InChI=1S/C16H20FN3O2/c1-9(2)14(18)16-20-13(8-22-16)15(21)19-10(3)11-4-6-12(17)7-5-11/h4-10,14H,18H2,1-3H3,(H,19,21). The van der Waals surface area contributed by atoms with E-state index in [9.17, 15) is 9.18 Å². The summed E-state index contributed by atoms with van der Waals surface area (Å²) in [7, 11) is 0. The smallest absolute Gasteiger partial charge is 0.273 e. The molecule has 0 aliphatic carbocycles. The van der Waals surface area contributed by atoms with E-state index in [1.807, 2.05) is 20.8 Å². The SMILES string of the molecule is CC(NC(=O)c1coc(C(N)C(C)C)n1)c1ccc(F)cc1. The average molecular weight is 305 g/mol. The minimum absolute atomic E-state index is 0.160. The largest absolute Gasteiger partial charge is 0.446 e. The maximum atomic E-state index is 12.9. The number of oxazole rings is 1. The normalized spacial score (nSPS) is 13.9. The summed E-state index contributed by atoms with van der Waals surface area (Å²) in [6, 6.07) is 5.34. The van der Waals surface area contributed by atoms with Crippen molar-refractivity contribution < 1.29 is 13.6 Å². The third kappa shape index (κ3) is 3.71. The van der Waals surface area contributed by atoms with Gasteiger partial charge in [-0.05, 0) is 30.5 Å². The summed E-state index contributed by atoms with van der Waals surface area (Å²) in [6.45, 7) is 5.71. The highest BCUT2D eigenvalue weighted by Gasteiger charge is 2.20. The Morgan fingerprint density at radius 3 is 2.50 bits per heavy atom. The third-order valence-electron chi connectivity index (χ3n) is 3.48. The number of nitrogens with two attached hydrogens (primary N) is 1. The van der Waals surface area contributed by atoms with Crippen molar-refractivity contribution in [1.29, 1.82) is 0 Å². The summed E-state index contributed by atoms with van der Waals surface area (Å²) >= 11 is 0. The highest BCUT2D eigenvalue weighted by Crippen LogP contribution is 2.19. The first-order valence-corrected chi connectivity index (χ1v) is 7.15. The predicted molar refractivity (Wildman–Crippen MR) is 80.6 cm³/mol. The Hall–Kier alpha value is -2.21. The first kappa shape index (κ1) is 16.2. The van der Waals surface area contributed by atoms with Crippen LogP contribution in [0.25, 0.3) is 0 Å². The zero-order valence-electron chi connectivity index (χ0n) is 12.8. The number of hydrogen-bond donors (Lipinski definition) is 2. The van der Waals surface area contributed by atoms with Gasteiger partial charge in [0.25, 0.3) is 5.91 Å². The van der Waals surface area contributed by atoms with Crippen molar-refractivity contribution in [1.82, 2.24) is 10.3 Å². The molecular formula is C16H20FN3O2. The second-order valence-corrected chi connectivity index (χ2v) is 5.59. The molecule has 0 fully saturated rings. The van der Waals surface area contributed by atoms with E-state index in [2.05, 4.69) is 10.3 Å². The molecule has 1 amide bonds. The molecule has 2 aromatic rings. The van der Waals surface area contributed by atoms with Crippen LogP contribution in [0.1, 0.15) is 54.8 Å². The molecule has 1 aromatic carbocycles. The van der Waals surface area contributed by atoms with Crippen molar-refractivity contribution in [3.63, 3.8) is 0 Å². The van der Waals surface area contributed by atoms with Gasteiger partial charge in [0.1, 0.15) is 12.1 Å². The molecule has 2 atom stereocenters. The van der Waals surface area contributed by atoms with E-state index in [1.54, 1.807) is 12.1 Å². The number of aromatic nitrogens is 1. The molecule has 2 unspecified atom stereocenters. The van der Waals surface area contributed by atoms with Crippen molar-refractivity contribution >= 4 is 5.91 Å². The molecule has 1 aromatic heterocycles. The fourth-order valence-electron chi connectivity index (χ4n) is 1.94. The Morgan fingerprint density at radius 1 is 1.27 bits per heavy atom. The third-order valence-corrected chi connectivity index (χ3v) is 3.48. The first-order valence-electron chi connectivity index (χ1n) is 7.15. The van der Waals surface area contributed by atoms with E-state index >= 15 is 0 Å². The fourth-order valence-corrected chi connectivity index (χ4v) is 1.94. The summed E-state index contributed by atoms with van der Waals surface area (Å²) < 4.78 is 18.2. The monoisotopic (exact) mass is 305 g/mol. The molecule has 0 saturated carbocycles. The summed E-state index contributed by atoms with van der Waals surface area (Å²) in [6.07, 6.45) is 1.30. The van der Waals surface area contributed by atoms with E-state index in [0.29, 0.717) is 5.89 Å². The molecule has 0 saturated heterocycles. The Morgan fingerprint density at radius 2 is 1.91 bits per heavy atom. The van der Waals surface area contributed by atoms with E-state index in [4.69, 9.17) is 10.2 Å². The lowest BCUT2D eigenvalue weighted by molar-refractivity contribution is 0.0934. The van der Waals surface area contributed by atoms with Crippen molar-refractivity contribution in [3.05, 3.63) is 53.5 Å². The van der Waals surface area contributed by atoms with E-state index in [1.165, 1.54) is 18.4 Å². The van der Waals surface area contributed by atoms with Crippen LogP contribution >= 0.6 is 0 Å². The van der Waals surface area contributed by atoms with Crippen LogP contribution in [-0.4, -0.2) is 10.9 Å². The van der Waals surface area contributed by atoms with E-state index < -0.39 is 0 Å². The summed E-state index contributed by atoms with van der Waals surface area (Å²) in [5.74, 6) is -0.170. The number of halogens is 1. The quantitative estimate of drug-likeness (QED) is 0.890. The second kappa shape index (κ2) is 6.70. The van der Waals surface area contributed by atoms with Gasteiger partial charge >= 0.3 is 0 Å². The van der Waals surface area contributed by atoms with Gasteiger partial charge in [-0.1, -0.05) is 26.0 Å². The van der Waals surface area contributed by atoms with Crippen LogP contribution in [0.3, 0.4) is 0 Å². The average Bonchev–Trinajstić information content (AvgIpc) is 2.96. The number of carbonyl (C=O) groups is 1. The molecule has 5 nitrogen and oxygen atoms in total. The number of carbonyl (C=O) groups excluding carboxylic acids is 1. The van der Waals surface area contributed by atoms with Gasteiger partial charge in [0.15, 0.2) is 5.69 Å². The van der Waals surface area contributed by atoms with Crippen LogP contribution in [0.5, 0.6) is 0 Å². The van der Waals surface area contributed by atoms with Gasteiger partial charge < -0.3 is 15.5 Å². The fraction of sp³-hybridized carbons (Fsp3) is 0.375. The number of rotatable bonds is 5. The van der Waals surface area contributed by atoms with Gasteiger partial charge in [0.2, 0.25) is 5.89 Å². The second-order valence-electron chi connectivity index (χ2n) is 5.59. The van der Waals surface area contributed by atoms with Gasteiger partial charge in [-0.2, -0.15) is 0 Å². The number of nitrogens with zero attached hydrogens (tertiary/aromatic N) is 1. The van der Waals surface area contributed by atoms with Crippen LogP contribution in [-0.2, 0) is 0 Å². The lowest BCUT2D eigenvalue weighted by atomic mass is 10.1. The maximum Gasteiger partial charge on any atom is 0.273 e. The maximum absolute atomic E-state index is 12.9. The molecule has 0 radical (unpaired) electrons. The molecule has 3 N–H and O–H groups in total. The zero-order chi connectivity index (χ0) is 16.3. The summed E-state index contributed by atoms with van der Waals surface area (Å²) in [4.78, 5) is 16.3. The molecule has 22 heavy (non-hydrogen) atoms. The Labute approximate surface area is 128 Å². The van der Waals surface area contributed by atoms with Gasteiger partial charge in [0.05, 0.1) is 12.1 Å². The molecule has 0 aliphatic rings. The Bertz CT molecular complexity index is 637. The minimum atomic E-state index is -0.359. The lowest BCUT2D eigenvalue weighted by Gasteiger charge is -2.13. The van der Waals surface area contributed by atoms with Crippen molar-refractivity contribution in [3.8, 4) is 0 Å². The molecule has 1 heterocycles. The van der Waals surface area contributed by atoms with E-state index in [-0.39, 0.29) is 35.4 Å². The van der Waals surface area contributed by atoms with Crippen LogP contribution in [0.2, 0.25) is 0 Å². The molecule has 118 valence electrons. The molecule has 0 aliphatic heterocycles. The van der Waals surface area contributed by atoms with Crippen LogP contribution in [0.15, 0.2) is 34.9 Å². The minimum Gasteiger partial charge on any atom is -0.446 e. The number of nitrogens with one attached hydrogen (secondary N) is 1. The number of benzene rings is 1.